The van der Waals surface area contributed by atoms with Crippen LogP contribution in [-0.2, 0) is 15.6 Å². The predicted molar refractivity (Wildman–Crippen MR) is 70.7 cm³/mol. The molecule has 1 amide bonds. The number of sulfone groups is 1. The van der Waals surface area contributed by atoms with Gasteiger partial charge in [0.2, 0.25) is 5.91 Å². The van der Waals surface area contributed by atoms with Gasteiger partial charge in [0, 0.05) is 17.2 Å². The summed E-state index contributed by atoms with van der Waals surface area (Å²) in [6, 6.07) is 2.93. The Morgan fingerprint density at radius 3 is 2.58 bits per heavy atom. The van der Waals surface area contributed by atoms with Gasteiger partial charge in [-0.3, -0.25) is 4.79 Å². The molecule has 0 aliphatic carbocycles. The Morgan fingerprint density at radius 2 is 2.05 bits per heavy atom. The van der Waals surface area contributed by atoms with E-state index in [1.165, 1.54) is 6.07 Å². The van der Waals surface area contributed by atoms with E-state index in [1.54, 1.807) is 6.92 Å². The van der Waals surface area contributed by atoms with E-state index in [-0.39, 0.29) is 16.9 Å². The van der Waals surface area contributed by atoms with Gasteiger partial charge in [-0.2, -0.15) is 0 Å². The number of primary amides is 1. The Bertz CT molecular complexity index is 572. The smallest absolute Gasteiger partial charge is 0.248 e. The number of halogens is 1. The minimum Gasteiger partial charge on any atom is -0.366 e. The van der Waals surface area contributed by atoms with Crippen molar-refractivity contribution in [2.45, 2.75) is 25.1 Å². The number of carbonyl (C=O) groups excluding carboxylic acids is 1. The fraction of sp³-hybridized carbons (Fsp3) is 0.417. The average molecular weight is 288 g/mol. The van der Waals surface area contributed by atoms with E-state index in [0.717, 1.165) is 12.1 Å². The number of rotatable bonds is 6. The summed E-state index contributed by atoms with van der Waals surface area (Å²) >= 11 is 0. The third kappa shape index (κ3) is 4.60. The van der Waals surface area contributed by atoms with Crippen molar-refractivity contribution in [2.24, 2.45) is 11.5 Å². The molecule has 0 aliphatic rings. The van der Waals surface area contributed by atoms with Crippen molar-refractivity contribution in [2.75, 3.05) is 5.75 Å². The number of amides is 1. The average Bonchev–Trinajstić information content (AvgIpc) is 2.30. The van der Waals surface area contributed by atoms with Crippen LogP contribution < -0.4 is 11.5 Å². The molecular weight excluding hydrogens is 271 g/mol. The standard InChI is InChI=1S/C12H17FN2O3S/c1-2-10(14)7-19(17,18)6-9-5-8(12(15)16)3-4-11(9)13/h3-5,10H,2,6-7,14H2,1H3,(H2,15,16). The zero-order chi connectivity index (χ0) is 14.6. The van der Waals surface area contributed by atoms with Gasteiger partial charge in [-0.25, -0.2) is 12.8 Å². The first-order chi connectivity index (χ1) is 8.75. The van der Waals surface area contributed by atoms with Gasteiger partial charge in [0.15, 0.2) is 9.84 Å². The van der Waals surface area contributed by atoms with E-state index >= 15 is 0 Å². The summed E-state index contributed by atoms with van der Waals surface area (Å²) < 4.78 is 37.2. The zero-order valence-electron chi connectivity index (χ0n) is 10.6. The van der Waals surface area contributed by atoms with Crippen molar-refractivity contribution in [3.05, 3.63) is 35.1 Å². The highest BCUT2D eigenvalue weighted by atomic mass is 32.2. The molecule has 19 heavy (non-hydrogen) atoms. The highest BCUT2D eigenvalue weighted by Gasteiger charge is 2.19. The Morgan fingerprint density at radius 1 is 1.42 bits per heavy atom. The quantitative estimate of drug-likeness (QED) is 0.799. The summed E-state index contributed by atoms with van der Waals surface area (Å²) in [6.07, 6.45) is 0.517. The summed E-state index contributed by atoms with van der Waals surface area (Å²) in [4.78, 5) is 11.0. The molecule has 0 fully saturated rings. The highest BCUT2D eigenvalue weighted by molar-refractivity contribution is 7.90. The lowest BCUT2D eigenvalue weighted by molar-refractivity contribution is 0.1000. The molecule has 7 heteroatoms. The number of carbonyl (C=O) groups is 1. The summed E-state index contributed by atoms with van der Waals surface area (Å²) in [7, 11) is -3.53. The van der Waals surface area contributed by atoms with Gasteiger partial charge in [0.05, 0.1) is 11.5 Å². The molecule has 0 bridgehead atoms. The van der Waals surface area contributed by atoms with E-state index in [9.17, 15) is 17.6 Å². The van der Waals surface area contributed by atoms with Crippen LogP contribution >= 0.6 is 0 Å². The number of hydrogen-bond acceptors (Lipinski definition) is 4. The molecule has 1 aromatic rings. The second-order valence-electron chi connectivity index (χ2n) is 4.39. The molecule has 1 atom stereocenters. The van der Waals surface area contributed by atoms with E-state index < -0.39 is 33.4 Å². The predicted octanol–water partition coefficient (Wildman–Crippen LogP) is 0.577. The van der Waals surface area contributed by atoms with Crippen LogP contribution in [0, 0.1) is 5.82 Å². The Hall–Kier alpha value is -1.47. The molecule has 0 spiro atoms. The molecule has 0 saturated heterocycles. The maximum Gasteiger partial charge on any atom is 0.248 e. The van der Waals surface area contributed by atoms with Gasteiger partial charge in [-0.15, -0.1) is 0 Å². The molecular formula is C12H17FN2O3S. The van der Waals surface area contributed by atoms with E-state index in [0.29, 0.717) is 6.42 Å². The molecule has 0 heterocycles. The van der Waals surface area contributed by atoms with Crippen molar-refractivity contribution in [1.29, 1.82) is 0 Å². The Kier molecular flexibility index (Phi) is 5.02. The first-order valence-corrected chi connectivity index (χ1v) is 7.61. The largest absolute Gasteiger partial charge is 0.366 e. The van der Waals surface area contributed by atoms with Crippen LogP contribution in [0.1, 0.15) is 29.3 Å². The van der Waals surface area contributed by atoms with E-state index in [4.69, 9.17) is 11.5 Å². The van der Waals surface area contributed by atoms with Gasteiger partial charge in [-0.05, 0) is 24.6 Å². The fourth-order valence-corrected chi connectivity index (χ4v) is 3.28. The van der Waals surface area contributed by atoms with Gasteiger partial charge >= 0.3 is 0 Å². The lowest BCUT2D eigenvalue weighted by Gasteiger charge is -2.10. The van der Waals surface area contributed by atoms with E-state index in [2.05, 4.69) is 0 Å². The normalized spacial score (nSPS) is 13.2. The Balaban J connectivity index is 2.98. The number of nitrogens with two attached hydrogens (primary N) is 2. The molecule has 0 aliphatic heterocycles. The van der Waals surface area contributed by atoms with Crippen LogP contribution in [-0.4, -0.2) is 26.1 Å². The van der Waals surface area contributed by atoms with Crippen molar-refractivity contribution < 1.29 is 17.6 Å². The lowest BCUT2D eigenvalue weighted by Crippen LogP contribution is -2.29. The number of hydrogen-bond donors (Lipinski definition) is 2. The van der Waals surface area contributed by atoms with E-state index in [1.807, 2.05) is 0 Å². The first-order valence-electron chi connectivity index (χ1n) is 5.79. The molecule has 0 radical (unpaired) electrons. The summed E-state index contributed by atoms with van der Waals surface area (Å²) in [5.41, 5.74) is 10.7. The summed E-state index contributed by atoms with van der Waals surface area (Å²) in [5, 5.41) is 0. The van der Waals surface area contributed by atoms with Crippen molar-refractivity contribution in [3.8, 4) is 0 Å². The maximum atomic E-state index is 13.5. The minimum atomic E-state index is -3.53. The molecule has 0 saturated carbocycles. The third-order valence-electron chi connectivity index (χ3n) is 2.70. The Labute approximate surface area is 111 Å². The molecule has 106 valence electrons. The van der Waals surface area contributed by atoms with Gasteiger partial charge in [-0.1, -0.05) is 6.92 Å². The maximum absolute atomic E-state index is 13.5. The van der Waals surface area contributed by atoms with Crippen molar-refractivity contribution >= 4 is 15.7 Å². The molecule has 1 rings (SSSR count). The van der Waals surface area contributed by atoms with Crippen molar-refractivity contribution in [1.82, 2.24) is 0 Å². The van der Waals surface area contributed by atoms with Crippen LogP contribution in [0.4, 0.5) is 4.39 Å². The number of benzene rings is 1. The first kappa shape index (κ1) is 15.6. The highest BCUT2D eigenvalue weighted by Crippen LogP contribution is 2.15. The van der Waals surface area contributed by atoms with Crippen LogP contribution in [0.3, 0.4) is 0 Å². The van der Waals surface area contributed by atoms with Crippen LogP contribution in [0.2, 0.25) is 0 Å². The van der Waals surface area contributed by atoms with Crippen molar-refractivity contribution in [3.63, 3.8) is 0 Å². The second-order valence-corrected chi connectivity index (χ2v) is 6.50. The third-order valence-corrected chi connectivity index (χ3v) is 4.38. The van der Waals surface area contributed by atoms with Crippen LogP contribution in [0.25, 0.3) is 0 Å². The second kappa shape index (κ2) is 6.12. The lowest BCUT2D eigenvalue weighted by atomic mass is 10.1. The summed E-state index contributed by atoms with van der Waals surface area (Å²) in [5.74, 6) is -2.13. The zero-order valence-corrected chi connectivity index (χ0v) is 11.4. The van der Waals surface area contributed by atoms with Gasteiger partial charge < -0.3 is 11.5 Å². The molecule has 0 aromatic heterocycles. The molecule has 1 aromatic carbocycles. The molecule has 1 unspecified atom stereocenters. The van der Waals surface area contributed by atoms with Gasteiger partial charge in [0.1, 0.15) is 5.82 Å². The topological polar surface area (TPSA) is 103 Å². The summed E-state index contributed by atoms with van der Waals surface area (Å²) in [6.45, 7) is 1.77. The SMILES string of the molecule is CCC(N)CS(=O)(=O)Cc1cc(C(N)=O)ccc1F. The van der Waals surface area contributed by atoms with Crippen LogP contribution in [0.15, 0.2) is 18.2 Å². The minimum absolute atomic E-state index is 0.0698. The molecule has 4 N–H and O–H groups in total. The van der Waals surface area contributed by atoms with Crippen LogP contribution in [0.5, 0.6) is 0 Å². The fourth-order valence-electron chi connectivity index (χ4n) is 1.58. The molecule has 5 nitrogen and oxygen atoms in total. The monoisotopic (exact) mass is 288 g/mol. The van der Waals surface area contributed by atoms with Gasteiger partial charge in [0.25, 0.3) is 0 Å².